The van der Waals surface area contributed by atoms with Gasteiger partial charge >= 0.3 is 0 Å². The molecule has 0 atom stereocenters. The molecule has 4 heterocycles. The molecular weight excluding hydrogens is 610 g/mol. The van der Waals surface area contributed by atoms with Crippen LogP contribution in [0.4, 0.5) is 11.8 Å². The van der Waals surface area contributed by atoms with Crippen LogP contribution in [0.15, 0.2) is 54.5 Å². The molecule has 0 spiro atoms. The second-order valence-electron chi connectivity index (χ2n) is 12.3. The molecule has 1 saturated heterocycles. The molecule has 5 rings (SSSR count). The number of hydrogen-bond acceptors (Lipinski definition) is 12. The van der Waals surface area contributed by atoms with E-state index in [0.29, 0.717) is 24.7 Å². The molecule has 0 unspecified atom stereocenters. The van der Waals surface area contributed by atoms with E-state index in [9.17, 15) is 9.59 Å². The quantitative estimate of drug-likeness (QED) is 0.0724. The van der Waals surface area contributed by atoms with Gasteiger partial charge in [0.2, 0.25) is 5.95 Å². The number of unbranched alkanes of at least 4 members (excludes halogenated alkanes) is 2. The van der Waals surface area contributed by atoms with Crippen LogP contribution in [0.2, 0.25) is 0 Å². The minimum absolute atomic E-state index is 0.0242. The summed E-state index contributed by atoms with van der Waals surface area (Å²) in [4.78, 5) is 38.8. The number of nitrogens with one attached hydrogen (secondary N) is 2. The number of nitrogens with zero attached hydrogens (tertiary/aromatic N) is 7. The van der Waals surface area contributed by atoms with Gasteiger partial charge in [0, 0.05) is 95.2 Å². The van der Waals surface area contributed by atoms with E-state index in [-0.39, 0.29) is 18.4 Å². The first-order valence-corrected chi connectivity index (χ1v) is 16.7. The number of carbonyl (C=O) groups is 2. The summed E-state index contributed by atoms with van der Waals surface area (Å²) in [5, 5.41) is 8.13. The number of aromatic nitrogens is 3. The second-order valence-corrected chi connectivity index (χ2v) is 12.3. The van der Waals surface area contributed by atoms with Crippen molar-refractivity contribution in [2.24, 2.45) is 11.6 Å². The number of imide groups is 1. The van der Waals surface area contributed by atoms with E-state index in [2.05, 4.69) is 61.3 Å². The monoisotopic (exact) mass is 659 g/mol. The highest BCUT2D eigenvalue weighted by Crippen LogP contribution is 2.28. The zero-order valence-electron chi connectivity index (χ0n) is 28.3. The number of methoxy groups -OCH3 is 1. The highest BCUT2D eigenvalue weighted by atomic mass is 16.5. The van der Waals surface area contributed by atoms with E-state index < -0.39 is 0 Å². The van der Waals surface area contributed by atoms with E-state index in [4.69, 9.17) is 21.3 Å². The van der Waals surface area contributed by atoms with Crippen molar-refractivity contribution in [3.05, 3.63) is 65.6 Å². The van der Waals surface area contributed by atoms with E-state index in [1.165, 1.54) is 35.6 Å². The van der Waals surface area contributed by atoms with Crippen molar-refractivity contribution in [3.63, 3.8) is 0 Å². The van der Waals surface area contributed by atoms with Gasteiger partial charge in [-0.1, -0.05) is 31.9 Å². The average molecular weight is 660 g/mol. The molecule has 3 aromatic rings. The summed E-state index contributed by atoms with van der Waals surface area (Å²) in [6.07, 6.45) is 9.57. The summed E-state index contributed by atoms with van der Waals surface area (Å²) in [6, 6.07) is 8.54. The third-order valence-electron chi connectivity index (χ3n) is 8.72. The molecule has 48 heavy (non-hydrogen) atoms. The number of fused-ring (bicyclic) bond motifs is 1. The second kappa shape index (κ2) is 16.4. The van der Waals surface area contributed by atoms with Crippen molar-refractivity contribution in [3.8, 4) is 5.75 Å². The Balaban J connectivity index is 1.13. The first-order valence-electron chi connectivity index (χ1n) is 16.7. The molecule has 0 radical (unpaired) electrons. The van der Waals surface area contributed by atoms with Crippen LogP contribution in [0.25, 0.3) is 11.0 Å². The molecule has 2 aromatic heterocycles. The smallest absolute Gasteiger partial charge is 0.253 e. The number of piperazine rings is 1. The van der Waals surface area contributed by atoms with Gasteiger partial charge in [-0.15, -0.1) is 0 Å². The van der Waals surface area contributed by atoms with E-state index in [1.807, 2.05) is 13.1 Å². The Morgan fingerprint density at radius 1 is 1.04 bits per heavy atom. The molecule has 0 aliphatic carbocycles. The van der Waals surface area contributed by atoms with Gasteiger partial charge in [-0.25, -0.2) is 10.8 Å². The molecule has 6 N–H and O–H groups in total. The predicted molar refractivity (Wildman–Crippen MR) is 188 cm³/mol. The lowest BCUT2D eigenvalue weighted by molar-refractivity contribution is -0.136. The van der Waals surface area contributed by atoms with Gasteiger partial charge in [0.1, 0.15) is 11.3 Å². The van der Waals surface area contributed by atoms with Gasteiger partial charge in [0.25, 0.3) is 11.8 Å². The topological polar surface area (TPSA) is 163 Å². The molecule has 0 bridgehead atoms. The van der Waals surface area contributed by atoms with Crippen LogP contribution >= 0.6 is 0 Å². The highest BCUT2D eigenvalue weighted by molar-refractivity contribution is 6.13. The van der Waals surface area contributed by atoms with Gasteiger partial charge in [-0.3, -0.25) is 24.3 Å². The number of nitrogens with two attached hydrogens (primary N) is 2. The van der Waals surface area contributed by atoms with Gasteiger partial charge in [-0.05, 0) is 24.1 Å². The Labute approximate surface area is 282 Å². The molecule has 14 nitrogen and oxygen atoms in total. The van der Waals surface area contributed by atoms with Crippen molar-refractivity contribution >= 4 is 34.6 Å². The van der Waals surface area contributed by atoms with Gasteiger partial charge in [0.15, 0.2) is 5.82 Å². The van der Waals surface area contributed by atoms with Crippen LogP contribution in [-0.2, 0) is 22.7 Å². The van der Waals surface area contributed by atoms with Crippen molar-refractivity contribution in [1.82, 2.24) is 34.2 Å². The molecule has 14 heteroatoms. The maximum absolute atomic E-state index is 11.8. The zero-order chi connectivity index (χ0) is 34.0. The first kappa shape index (κ1) is 34.7. The van der Waals surface area contributed by atoms with Crippen LogP contribution in [0.5, 0.6) is 5.75 Å². The number of amides is 2. The summed E-state index contributed by atoms with van der Waals surface area (Å²) < 4.78 is 8.06. The van der Waals surface area contributed by atoms with Crippen molar-refractivity contribution in [2.45, 2.75) is 39.3 Å². The first-order chi connectivity index (χ1) is 23.3. The number of rotatable bonds is 17. The molecular formula is C34H49N11O3. The Morgan fingerprint density at radius 2 is 1.79 bits per heavy atom. The molecule has 258 valence electrons. The summed E-state index contributed by atoms with van der Waals surface area (Å²) in [5.74, 6) is 7.71. The maximum atomic E-state index is 11.8. The lowest BCUT2D eigenvalue weighted by atomic mass is 10.1. The number of anilines is 2. The molecule has 1 aromatic carbocycles. The van der Waals surface area contributed by atoms with Crippen molar-refractivity contribution < 1.29 is 14.3 Å². The van der Waals surface area contributed by atoms with Gasteiger partial charge < -0.3 is 30.7 Å². The third-order valence-corrected chi connectivity index (χ3v) is 8.72. The minimum Gasteiger partial charge on any atom is -0.496 e. The van der Waals surface area contributed by atoms with Crippen LogP contribution in [0, 0.1) is 0 Å². The largest absolute Gasteiger partial charge is 0.496 e. The van der Waals surface area contributed by atoms with Crippen molar-refractivity contribution in [2.75, 3.05) is 77.1 Å². The number of benzene rings is 1. The van der Waals surface area contributed by atoms with Gasteiger partial charge in [0.05, 0.1) is 25.7 Å². The minimum atomic E-state index is -0.364. The summed E-state index contributed by atoms with van der Waals surface area (Å²) in [5.41, 5.74) is 10.6. The molecule has 2 amide bonds. The fraction of sp³-hybridized carbons (Fsp3) is 0.471. The van der Waals surface area contributed by atoms with E-state index in [1.54, 1.807) is 13.3 Å². The zero-order valence-corrected chi connectivity index (χ0v) is 28.3. The number of carbonyl (C=O) groups excluding carboxylic acids is 2. The third kappa shape index (κ3) is 8.82. The number of ether oxygens (including phenoxy) is 1. The lowest BCUT2D eigenvalue weighted by Gasteiger charge is -2.35. The fourth-order valence-corrected chi connectivity index (χ4v) is 6.03. The SMILES string of the molecule is CCCCCNc1nc(NC)nc2ccn(Cc3ccc(CN4CCN(CCN(N)/C=C(\N)CN5C(=O)C=CC5=O)CC4)cc3OC)c12. The summed E-state index contributed by atoms with van der Waals surface area (Å²) >= 11 is 0. The van der Waals surface area contributed by atoms with Crippen LogP contribution in [-0.4, -0.2) is 113 Å². The summed E-state index contributed by atoms with van der Waals surface area (Å²) in [6.45, 7) is 9.68. The predicted octanol–water partition coefficient (Wildman–Crippen LogP) is 2.15. The molecule has 0 saturated carbocycles. The maximum Gasteiger partial charge on any atom is 0.253 e. The Morgan fingerprint density at radius 3 is 2.50 bits per heavy atom. The van der Waals surface area contributed by atoms with Crippen LogP contribution in [0.3, 0.4) is 0 Å². The van der Waals surface area contributed by atoms with Crippen LogP contribution < -0.4 is 26.9 Å². The standard InChI is InChI=1S/C34H49N11O3/c1-4-5-6-12-38-33-32-28(39-34(37-2)40-33)11-13-43(32)22-26-8-7-25(20-29(26)48-3)21-42-16-14-41(15-17-42)18-19-44(36)23-27(35)24-45-30(46)9-10-31(45)47/h7-11,13,20,23H,4-6,12,14-19,21-22,24,35-36H2,1-3H3,(H2,37,38,39,40)/b27-23-. The Hall–Kier alpha value is -4.66. The summed E-state index contributed by atoms with van der Waals surface area (Å²) in [7, 11) is 3.56. The molecule has 2 aliphatic heterocycles. The Bertz CT molecular complexity index is 1610. The molecule has 1 fully saturated rings. The van der Waals surface area contributed by atoms with Crippen molar-refractivity contribution in [1.29, 1.82) is 0 Å². The average Bonchev–Trinajstić information content (AvgIpc) is 3.64. The van der Waals surface area contributed by atoms with Crippen LogP contribution in [0.1, 0.15) is 37.3 Å². The number of hydrogen-bond donors (Lipinski definition) is 4. The fourth-order valence-electron chi connectivity index (χ4n) is 6.03. The highest BCUT2D eigenvalue weighted by Gasteiger charge is 2.24. The van der Waals surface area contributed by atoms with Gasteiger partial charge in [-0.2, -0.15) is 4.98 Å². The molecule has 2 aliphatic rings. The number of hydrazine groups is 1. The Kier molecular flexibility index (Phi) is 11.9. The van der Waals surface area contributed by atoms with E-state index >= 15 is 0 Å². The lowest BCUT2D eigenvalue weighted by Crippen LogP contribution is -2.48. The van der Waals surface area contributed by atoms with E-state index in [0.717, 1.165) is 85.3 Å². The normalized spacial score (nSPS) is 15.9.